The number of rotatable bonds is 5. The van der Waals surface area contributed by atoms with E-state index in [4.69, 9.17) is 0 Å². The van der Waals surface area contributed by atoms with Crippen LogP contribution in [-0.4, -0.2) is 4.98 Å². The van der Waals surface area contributed by atoms with Crippen LogP contribution in [0.25, 0.3) is 10.8 Å². The fourth-order valence-corrected chi connectivity index (χ4v) is 2.60. The van der Waals surface area contributed by atoms with Gasteiger partial charge in [-0.1, -0.05) is 48.5 Å². The maximum absolute atomic E-state index is 4.16. The molecule has 0 unspecified atom stereocenters. The van der Waals surface area contributed by atoms with Crippen molar-refractivity contribution in [1.82, 2.24) is 4.98 Å². The van der Waals surface area contributed by atoms with Crippen molar-refractivity contribution in [3.63, 3.8) is 0 Å². The molecule has 0 fully saturated rings. The van der Waals surface area contributed by atoms with E-state index in [1.165, 1.54) is 34.7 Å². The zero-order chi connectivity index (χ0) is 13.6. The van der Waals surface area contributed by atoms with E-state index >= 15 is 0 Å². The summed E-state index contributed by atoms with van der Waals surface area (Å²) in [6, 6.07) is 19.5. The highest BCUT2D eigenvalue weighted by atomic mass is 14.6. The summed E-state index contributed by atoms with van der Waals surface area (Å²) in [7, 11) is 0. The first-order valence-corrected chi connectivity index (χ1v) is 7.28. The molecule has 0 aliphatic carbocycles. The Hall–Kier alpha value is -2.15. The van der Waals surface area contributed by atoms with Gasteiger partial charge in [0.1, 0.15) is 0 Å². The third-order valence-electron chi connectivity index (χ3n) is 3.72. The molecule has 1 heteroatoms. The fourth-order valence-electron chi connectivity index (χ4n) is 2.60. The Morgan fingerprint density at radius 1 is 0.700 bits per heavy atom. The van der Waals surface area contributed by atoms with Crippen molar-refractivity contribution in [3.05, 3.63) is 78.1 Å². The predicted molar refractivity (Wildman–Crippen MR) is 84.8 cm³/mol. The summed E-state index contributed by atoms with van der Waals surface area (Å²) >= 11 is 0. The Bertz CT molecular complexity index is 673. The number of hydrogen-bond acceptors (Lipinski definition) is 1. The predicted octanol–water partition coefficient (Wildman–Crippen LogP) is 4.80. The number of fused-ring (bicyclic) bond motifs is 1. The molecule has 100 valence electrons. The van der Waals surface area contributed by atoms with Gasteiger partial charge in [-0.05, 0) is 53.6 Å². The number of aromatic nitrogens is 1. The average Bonchev–Trinajstić information content (AvgIpc) is 2.52. The lowest BCUT2D eigenvalue weighted by Gasteiger charge is -2.04. The number of pyridine rings is 1. The molecule has 3 aromatic rings. The lowest BCUT2D eigenvalue weighted by molar-refractivity contribution is 0.733. The number of unbranched alkanes of at least 4 members (excludes halogenated alkanes) is 1. The van der Waals surface area contributed by atoms with Crippen LogP contribution in [0.4, 0.5) is 0 Å². The minimum absolute atomic E-state index is 1.13. The molecule has 20 heavy (non-hydrogen) atoms. The summed E-state index contributed by atoms with van der Waals surface area (Å²) in [5.41, 5.74) is 2.78. The minimum atomic E-state index is 1.13. The molecule has 0 saturated carbocycles. The summed E-state index contributed by atoms with van der Waals surface area (Å²) in [4.78, 5) is 4.16. The molecule has 3 rings (SSSR count). The number of aryl methyl sites for hydroxylation is 2. The highest BCUT2D eigenvalue weighted by Crippen LogP contribution is 2.17. The van der Waals surface area contributed by atoms with E-state index in [-0.39, 0.29) is 0 Å². The fraction of sp³-hybridized carbons (Fsp3) is 0.211. The first-order valence-electron chi connectivity index (χ1n) is 7.28. The van der Waals surface area contributed by atoms with Crippen molar-refractivity contribution in [3.8, 4) is 0 Å². The van der Waals surface area contributed by atoms with Crippen molar-refractivity contribution >= 4 is 10.8 Å². The molecular formula is C19H19N. The van der Waals surface area contributed by atoms with Crippen LogP contribution in [0.5, 0.6) is 0 Å². The van der Waals surface area contributed by atoms with Gasteiger partial charge in [0.2, 0.25) is 0 Å². The highest BCUT2D eigenvalue weighted by molar-refractivity contribution is 5.82. The summed E-state index contributed by atoms with van der Waals surface area (Å²) < 4.78 is 0. The lowest BCUT2D eigenvalue weighted by atomic mass is 10.0. The zero-order valence-electron chi connectivity index (χ0n) is 11.6. The standard InChI is InChI=1S/C19H19N/c1(2-7-17-8-5-13-20-15-17)6-16-11-12-18-9-3-4-10-19(18)14-16/h3-5,8-15H,1-2,6-7H2. The molecule has 1 nitrogen and oxygen atoms in total. The first kappa shape index (κ1) is 12.9. The molecule has 0 bridgehead atoms. The van der Waals surface area contributed by atoms with Gasteiger partial charge < -0.3 is 0 Å². The lowest BCUT2D eigenvalue weighted by Crippen LogP contribution is -1.90. The maximum atomic E-state index is 4.16. The Labute approximate surface area is 120 Å². The second kappa shape index (κ2) is 6.33. The number of benzene rings is 2. The quantitative estimate of drug-likeness (QED) is 0.601. The van der Waals surface area contributed by atoms with Gasteiger partial charge in [-0.2, -0.15) is 0 Å². The Balaban J connectivity index is 1.55. The van der Waals surface area contributed by atoms with Crippen molar-refractivity contribution in [2.45, 2.75) is 25.7 Å². The SMILES string of the molecule is c1cncc(CCCCc2ccc3ccccc3c2)c1. The molecule has 0 aliphatic heterocycles. The van der Waals surface area contributed by atoms with Gasteiger partial charge in [-0.25, -0.2) is 0 Å². The van der Waals surface area contributed by atoms with E-state index in [0.29, 0.717) is 0 Å². The second-order valence-corrected chi connectivity index (χ2v) is 5.25. The second-order valence-electron chi connectivity index (χ2n) is 5.25. The molecule has 0 aliphatic rings. The number of hydrogen-bond donors (Lipinski definition) is 0. The van der Waals surface area contributed by atoms with Gasteiger partial charge in [-0.3, -0.25) is 4.98 Å². The van der Waals surface area contributed by atoms with Crippen LogP contribution in [0.1, 0.15) is 24.0 Å². The highest BCUT2D eigenvalue weighted by Gasteiger charge is 1.98. The summed E-state index contributed by atoms with van der Waals surface area (Å²) in [5, 5.41) is 2.67. The molecule has 0 radical (unpaired) electrons. The van der Waals surface area contributed by atoms with E-state index < -0.39 is 0 Å². The van der Waals surface area contributed by atoms with Gasteiger partial charge in [0, 0.05) is 12.4 Å². The third-order valence-corrected chi connectivity index (χ3v) is 3.72. The topological polar surface area (TPSA) is 12.9 Å². The van der Waals surface area contributed by atoms with Crippen LogP contribution in [0.15, 0.2) is 67.0 Å². The van der Waals surface area contributed by atoms with E-state index in [1.54, 1.807) is 0 Å². The summed E-state index contributed by atoms with van der Waals surface area (Å²) in [5.74, 6) is 0. The Morgan fingerprint density at radius 3 is 2.30 bits per heavy atom. The van der Waals surface area contributed by atoms with Gasteiger partial charge in [0.05, 0.1) is 0 Å². The van der Waals surface area contributed by atoms with Crippen LogP contribution in [0.3, 0.4) is 0 Å². The van der Waals surface area contributed by atoms with Crippen LogP contribution in [0, 0.1) is 0 Å². The maximum Gasteiger partial charge on any atom is 0.0299 e. The molecule has 2 aromatic carbocycles. The van der Waals surface area contributed by atoms with Crippen LogP contribution >= 0.6 is 0 Å². The largest absolute Gasteiger partial charge is 0.264 e. The monoisotopic (exact) mass is 261 g/mol. The Kier molecular flexibility index (Phi) is 4.07. The first-order chi connectivity index (χ1) is 9.92. The van der Waals surface area contributed by atoms with Gasteiger partial charge in [0.15, 0.2) is 0 Å². The van der Waals surface area contributed by atoms with E-state index in [9.17, 15) is 0 Å². The van der Waals surface area contributed by atoms with E-state index in [0.717, 1.165) is 12.8 Å². The molecular weight excluding hydrogens is 242 g/mol. The molecule has 0 saturated heterocycles. The van der Waals surface area contributed by atoms with Crippen molar-refractivity contribution in [2.24, 2.45) is 0 Å². The molecule has 0 spiro atoms. The average molecular weight is 261 g/mol. The third kappa shape index (κ3) is 3.24. The van der Waals surface area contributed by atoms with Gasteiger partial charge >= 0.3 is 0 Å². The van der Waals surface area contributed by atoms with Crippen molar-refractivity contribution in [2.75, 3.05) is 0 Å². The normalized spacial score (nSPS) is 10.8. The summed E-state index contributed by atoms with van der Waals surface area (Å²) in [6.07, 6.45) is 8.53. The van der Waals surface area contributed by atoms with Crippen LogP contribution in [-0.2, 0) is 12.8 Å². The molecule has 1 heterocycles. The van der Waals surface area contributed by atoms with Gasteiger partial charge in [-0.15, -0.1) is 0 Å². The van der Waals surface area contributed by atoms with E-state index in [1.807, 2.05) is 18.5 Å². The molecule has 0 amide bonds. The molecule has 0 N–H and O–H groups in total. The molecule has 1 aromatic heterocycles. The van der Waals surface area contributed by atoms with E-state index in [2.05, 4.69) is 53.5 Å². The van der Waals surface area contributed by atoms with Crippen molar-refractivity contribution < 1.29 is 0 Å². The van der Waals surface area contributed by atoms with Crippen molar-refractivity contribution in [1.29, 1.82) is 0 Å². The van der Waals surface area contributed by atoms with Crippen LogP contribution in [0.2, 0.25) is 0 Å². The number of nitrogens with zero attached hydrogens (tertiary/aromatic N) is 1. The van der Waals surface area contributed by atoms with Gasteiger partial charge in [0.25, 0.3) is 0 Å². The Morgan fingerprint density at radius 2 is 1.50 bits per heavy atom. The minimum Gasteiger partial charge on any atom is -0.264 e. The smallest absolute Gasteiger partial charge is 0.0299 e. The molecule has 0 atom stereocenters. The van der Waals surface area contributed by atoms with Crippen LogP contribution < -0.4 is 0 Å². The zero-order valence-corrected chi connectivity index (χ0v) is 11.6. The summed E-state index contributed by atoms with van der Waals surface area (Å²) in [6.45, 7) is 0.